The fourth-order valence-electron chi connectivity index (χ4n) is 1.73. The Morgan fingerprint density at radius 3 is 2.58 bits per heavy atom. The average Bonchev–Trinajstić information content (AvgIpc) is 2.43. The number of carboxylic acid groups (broad SMARTS) is 1. The number of hydrogen-bond donors (Lipinski definition) is 1. The van der Waals surface area contributed by atoms with Crippen molar-refractivity contribution in [1.82, 2.24) is 0 Å². The average molecular weight is 267 g/mol. The highest BCUT2D eigenvalue weighted by Crippen LogP contribution is 2.31. The van der Waals surface area contributed by atoms with Crippen LogP contribution in [-0.4, -0.2) is 38.9 Å². The van der Waals surface area contributed by atoms with Crippen LogP contribution in [0, 0.1) is 5.92 Å². The van der Waals surface area contributed by atoms with Crippen LogP contribution in [0.5, 0.6) is 11.5 Å². The molecule has 0 radical (unpaired) electrons. The van der Waals surface area contributed by atoms with Gasteiger partial charge in [0.15, 0.2) is 0 Å². The summed E-state index contributed by atoms with van der Waals surface area (Å²) in [6, 6.07) is 5.55. The van der Waals surface area contributed by atoms with Gasteiger partial charge in [-0.05, 0) is 18.6 Å². The molecule has 0 spiro atoms. The van der Waals surface area contributed by atoms with Gasteiger partial charge in [0.1, 0.15) is 11.5 Å². The summed E-state index contributed by atoms with van der Waals surface area (Å²) >= 11 is 0. The van der Waals surface area contributed by atoms with Crippen molar-refractivity contribution in [2.75, 3.05) is 32.7 Å². The Hall–Kier alpha value is -1.91. The van der Waals surface area contributed by atoms with Crippen LogP contribution in [0.15, 0.2) is 18.2 Å². The topological polar surface area (TPSA) is 59.0 Å². The molecule has 0 fully saturated rings. The van der Waals surface area contributed by atoms with Gasteiger partial charge in [-0.2, -0.15) is 0 Å². The third-order valence-corrected chi connectivity index (χ3v) is 3.12. The lowest BCUT2D eigenvalue weighted by Crippen LogP contribution is -2.23. The Morgan fingerprint density at radius 1 is 1.37 bits per heavy atom. The van der Waals surface area contributed by atoms with E-state index in [9.17, 15) is 4.79 Å². The molecule has 0 saturated heterocycles. The van der Waals surface area contributed by atoms with Gasteiger partial charge in [0, 0.05) is 19.7 Å². The van der Waals surface area contributed by atoms with Gasteiger partial charge < -0.3 is 19.5 Å². The van der Waals surface area contributed by atoms with E-state index in [0.29, 0.717) is 13.0 Å². The standard InChI is InChI=1S/C14H21NO4/c1-10(14(16)17)7-8-15(2)12-9-11(18-3)5-6-13(12)19-4/h5-6,9-10H,7-8H2,1-4H3,(H,16,17). The van der Waals surface area contributed by atoms with Crippen LogP contribution >= 0.6 is 0 Å². The second-order valence-electron chi connectivity index (χ2n) is 4.49. The van der Waals surface area contributed by atoms with Crippen molar-refractivity contribution in [3.63, 3.8) is 0 Å². The summed E-state index contributed by atoms with van der Waals surface area (Å²) in [5.74, 6) is 0.352. The number of carboxylic acids is 1. The maximum Gasteiger partial charge on any atom is 0.306 e. The first-order valence-electron chi connectivity index (χ1n) is 6.15. The molecule has 0 aliphatic rings. The van der Waals surface area contributed by atoms with E-state index in [4.69, 9.17) is 14.6 Å². The largest absolute Gasteiger partial charge is 0.497 e. The van der Waals surface area contributed by atoms with E-state index in [0.717, 1.165) is 17.2 Å². The maximum absolute atomic E-state index is 10.8. The number of hydrogen-bond acceptors (Lipinski definition) is 4. The monoisotopic (exact) mass is 267 g/mol. The van der Waals surface area contributed by atoms with Crippen molar-refractivity contribution in [2.24, 2.45) is 5.92 Å². The van der Waals surface area contributed by atoms with Gasteiger partial charge in [-0.3, -0.25) is 4.79 Å². The summed E-state index contributed by atoms with van der Waals surface area (Å²) in [4.78, 5) is 12.8. The van der Waals surface area contributed by atoms with Gasteiger partial charge in [-0.25, -0.2) is 0 Å². The minimum absolute atomic E-state index is 0.362. The number of carbonyl (C=O) groups is 1. The number of ether oxygens (including phenoxy) is 2. The molecule has 0 aromatic heterocycles. The number of benzene rings is 1. The van der Waals surface area contributed by atoms with E-state index in [1.54, 1.807) is 21.1 Å². The molecular formula is C14H21NO4. The van der Waals surface area contributed by atoms with E-state index >= 15 is 0 Å². The highest BCUT2D eigenvalue weighted by atomic mass is 16.5. The van der Waals surface area contributed by atoms with Gasteiger partial charge in [0.2, 0.25) is 0 Å². The second-order valence-corrected chi connectivity index (χ2v) is 4.49. The number of aliphatic carboxylic acids is 1. The molecule has 5 nitrogen and oxygen atoms in total. The summed E-state index contributed by atoms with van der Waals surface area (Å²) < 4.78 is 10.5. The van der Waals surface area contributed by atoms with Crippen LogP contribution in [0.1, 0.15) is 13.3 Å². The summed E-state index contributed by atoms with van der Waals surface area (Å²) in [6.07, 6.45) is 0.576. The summed E-state index contributed by atoms with van der Waals surface area (Å²) in [5.41, 5.74) is 0.888. The molecule has 106 valence electrons. The zero-order valence-corrected chi connectivity index (χ0v) is 11.8. The molecule has 19 heavy (non-hydrogen) atoms. The molecule has 0 heterocycles. The Morgan fingerprint density at radius 2 is 2.05 bits per heavy atom. The molecule has 0 aliphatic carbocycles. The molecule has 0 aliphatic heterocycles. The van der Waals surface area contributed by atoms with Crippen LogP contribution in [0.2, 0.25) is 0 Å². The fourth-order valence-corrected chi connectivity index (χ4v) is 1.73. The first kappa shape index (κ1) is 15.1. The van der Waals surface area contributed by atoms with Crippen molar-refractivity contribution in [3.05, 3.63) is 18.2 Å². The summed E-state index contributed by atoms with van der Waals surface area (Å²) in [7, 11) is 5.13. The molecule has 1 atom stereocenters. The lowest BCUT2D eigenvalue weighted by molar-refractivity contribution is -0.141. The van der Waals surface area contributed by atoms with Gasteiger partial charge in [-0.15, -0.1) is 0 Å². The Kier molecular flexibility index (Phi) is 5.48. The van der Waals surface area contributed by atoms with Crippen molar-refractivity contribution >= 4 is 11.7 Å². The molecule has 5 heteroatoms. The zero-order valence-electron chi connectivity index (χ0n) is 11.8. The molecule has 1 aromatic carbocycles. The summed E-state index contributed by atoms with van der Waals surface area (Å²) in [5, 5.41) is 8.89. The molecule has 0 amide bonds. The van der Waals surface area contributed by atoms with Crippen molar-refractivity contribution < 1.29 is 19.4 Å². The quantitative estimate of drug-likeness (QED) is 0.821. The van der Waals surface area contributed by atoms with E-state index < -0.39 is 5.97 Å². The Bertz CT molecular complexity index is 433. The van der Waals surface area contributed by atoms with E-state index in [2.05, 4.69) is 0 Å². The van der Waals surface area contributed by atoms with Crippen LogP contribution in [0.4, 0.5) is 5.69 Å². The number of rotatable bonds is 7. The number of nitrogens with zero attached hydrogens (tertiary/aromatic N) is 1. The third-order valence-electron chi connectivity index (χ3n) is 3.12. The minimum atomic E-state index is -0.772. The van der Waals surface area contributed by atoms with Gasteiger partial charge >= 0.3 is 5.97 Å². The molecule has 1 aromatic rings. The Balaban J connectivity index is 2.79. The Labute approximate surface area is 113 Å². The van der Waals surface area contributed by atoms with Crippen LogP contribution < -0.4 is 14.4 Å². The minimum Gasteiger partial charge on any atom is -0.497 e. The molecule has 1 unspecified atom stereocenters. The first-order valence-corrected chi connectivity index (χ1v) is 6.15. The van der Waals surface area contributed by atoms with Crippen LogP contribution in [0.25, 0.3) is 0 Å². The molecular weight excluding hydrogens is 246 g/mol. The van der Waals surface area contributed by atoms with Crippen molar-refractivity contribution in [3.8, 4) is 11.5 Å². The first-order chi connectivity index (χ1) is 8.99. The normalized spacial score (nSPS) is 11.8. The maximum atomic E-state index is 10.8. The smallest absolute Gasteiger partial charge is 0.306 e. The van der Waals surface area contributed by atoms with Gasteiger partial charge in [-0.1, -0.05) is 6.92 Å². The lowest BCUT2D eigenvalue weighted by Gasteiger charge is -2.23. The lowest BCUT2D eigenvalue weighted by atomic mass is 10.1. The predicted molar refractivity (Wildman–Crippen MR) is 74.2 cm³/mol. The fraction of sp³-hybridized carbons (Fsp3) is 0.500. The molecule has 1 N–H and O–H groups in total. The van der Waals surface area contributed by atoms with Crippen LogP contribution in [0.3, 0.4) is 0 Å². The van der Waals surface area contributed by atoms with Crippen molar-refractivity contribution in [2.45, 2.75) is 13.3 Å². The SMILES string of the molecule is COc1ccc(OC)c(N(C)CCC(C)C(=O)O)c1. The highest BCUT2D eigenvalue weighted by molar-refractivity contribution is 5.69. The van der Waals surface area contributed by atoms with E-state index in [1.165, 1.54) is 0 Å². The molecule has 0 bridgehead atoms. The van der Waals surface area contributed by atoms with E-state index in [-0.39, 0.29) is 5.92 Å². The highest BCUT2D eigenvalue weighted by Gasteiger charge is 2.14. The van der Waals surface area contributed by atoms with Gasteiger partial charge in [0.25, 0.3) is 0 Å². The number of anilines is 1. The molecule has 1 rings (SSSR count). The molecule has 0 saturated carbocycles. The van der Waals surface area contributed by atoms with E-state index in [1.807, 2.05) is 30.1 Å². The van der Waals surface area contributed by atoms with Gasteiger partial charge in [0.05, 0.1) is 25.8 Å². The van der Waals surface area contributed by atoms with Crippen LogP contribution in [-0.2, 0) is 4.79 Å². The zero-order chi connectivity index (χ0) is 14.4. The van der Waals surface area contributed by atoms with Crippen molar-refractivity contribution in [1.29, 1.82) is 0 Å². The predicted octanol–water partition coefficient (Wildman–Crippen LogP) is 2.25. The second kappa shape index (κ2) is 6.87. The summed E-state index contributed by atoms with van der Waals surface area (Å²) in [6.45, 7) is 2.34. The number of methoxy groups -OCH3 is 2. The third kappa shape index (κ3) is 4.05.